The number of thioether (sulfide) groups is 1. The quantitative estimate of drug-likeness (QED) is 0.145. The molecule has 4 aromatic rings. The number of nitrogens with zero attached hydrogens (tertiary/aromatic N) is 1. The van der Waals surface area contributed by atoms with Crippen molar-refractivity contribution in [2.45, 2.75) is 40.0 Å². The van der Waals surface area contributed by atoms with E-state index in [4.69, 9.17) is 0 Å². The molecular formula is C40H36NOS+. The molecule has 0 amide bonds. The minimum atomic E-state index is 0.243. The van der Waals surface area contributed by atoms with Gasteiger partial charge >= 0.3 is 5.90 Å². The maximum Gasteiger partial charge on any atom is 0.342 e. The molecule has 2 nitrogen and oxygen atoms in total. The van der Waals surface area contributed by atoms with Crippen LogP contribution in [0, 0.1) is 19.8 Å². The molecule has 1 heterocycles. The van der Waals surface area contributed by atoms with Crippen molar-refractivity contribution in [2.24, 2.45) is 5.92 Å². The second-order valence-corrected chi connectivity index (χ2v) is 12.8. The van der Waals surface area contributed by atoms with Gasteiger partial charge < -0.3 is 5.11 Å². The number of allylic oxidation sites excluding steroid dienone is 8. The average molecular weight is 579 g/mol. The van der Waals surface area contributed by atoms with Gasteiger partial charge in [0.05, 0.1) is 6.92 Å². The Bertz CT molecular complexity index is 1880. The van der Waals surface area contributed by atoms with Crippen molar-refractivity contribution in [2.75, 3.05) is 0 Å². The monoisotopic (exact) mass is 578 g/mol. The average Bonchev–Trinajstić information content (AvgIpc) is 3.41. The molecule has 1 aliphatic heterocycles. The summed E-state index contributed by atoms with van der Waals surface area (Å²) in [5, 5.41) is 10.8. The van der Waals surface area contributed by atoms with Crippen molar-refractivity contribution in [1.29, 1.82) is 0 Å². The summed E-state index contributed by atoms with van der Waals surface area (Å²) in [6, 6.07) is 32.2. The van der Waals surface area contributed by atoms with E-state index in [1.54, 1.807) is 11.8 Å². The molecular weight excluding hydrogens is 543 g/mol. The first-order chi connectivity index (χ1) is 21.0. The summed E-state index contributed by atoms with van der Waals surface area (Å²) >= 11 is 2.00. The summed E-state index contributed by atoms with van der Waals surface area (Å²) in [5.41, 5.74) is 13.4. The van der Waals surface area contributed by atoms with E-state index in [1.165, 1.54) is 55.9 Å². The zero-order valence-corrected chi connectivity index (χ0v) is 25.8. The molecule has 7 rings (SSSR count). The predicted molar refractivity (Wildman–Crippen MR) is 185 cm³/mol. The Morgan fingerprint density at radius 3 is 2.14 bits per heavy atom. The molecule has 212 valence electrons. The third-order valence-electron chi connectivity index (χ3n) is 8.97. The van der Waals surface area contributed by atoms with Crippen LogP contribution in [-0.4, -0.2) is 11.0 Å². The fourth-order valence-electron chi connectivity index (χ4n) is 6.76. The molecule has 43 heavy (non-hydrogen) atoms. The van der Waals surface area contributed by atoms with Crippen LogP contribution < -0.4 is 4.58 Å². The van der Waals surface area contributed by atoms with E-state index in [2.05, 4.69) is 129 Å². The van der Waals surface area contributed by atoms with E-state index >= 15 is 0 Å². The fraction of sp³-hybridized carbons (Fsp3) is 0.175. The molecule has 0 spiro atoms. The zero-order chi connectivity index (χ0) is 29.5. The number of aliphatic hydroxyl groups is 1. The Labute approximate surface area is 259 Å². The van der Waals surface area contributed by atoms with Crippen LogP contribution >= 0.6 is 11.8 Å². The van der Waals surface area contributed by atoms with Gasteiger partial charge in [0.2, 0.25) is 11.4 Å². The highest BCUT2D eigenvalue weighted by molar-refractivity contribution is 8.07. The van der Waals surface area contributed by atoms with Gasteiger partial charge in [-0.15, -0.1) is 4.58 Å². The van der Waals surface area contributed by atoms with Gasteiger partial charge in [-0.3, -0.25) is 0 Å². The van der Waals surface area contributed by atoms with Crippen molar-refractivity contribution in [1.82, 2.24) is 4.58 Å². The largest absolute Gasteiger partial charge is 0.463 e. The Morgan fingerprint density at radius 1 is 0.744 bits per heavy atom. The summed E-state index contributed by atoms with van der Waals surface area (Å²) in [6.45, 7) is 6.12. The molecule has 3 heteroatoms. The number of aliphatic hydroxyl groups excluding tert-OH is 1. The van der Waals surface area contributed by atoms with E-state index in [-0.39, 0.29) is 5.90 Å². The van der Waals surface area contributed by atoms with E-state index in [0.29, 0.717) is 5.92 Å². The number of rotatable bonds is 5. The van der Waals surface area contributed by atoms with Crippen molar-refractivity contribution >= 4 is 34.6 Å². The highest BCUT2D eigenvalue weighted by Crippen LogP contribution is 2.54. The normalized spacial score (nSPS) is 18.1. The third kappa shape index (κ3) is 5.02. The van der Waals surface area contributed by atoms with Gasteiger partial charge in [0.15, 0.2) is 0 Å². The number of hydrogen-bond acceptors (Lipinski definition) is 1. The summed E-state index contributed by atoms with van der Waals surface area (Å²) in [4.78, 5) is 3.04. The molecule has 1 unspecified atom stereocenters. The molecule has 0 radical (unpaired) electrons. The van der Waals surface area contributed by atoms with Crippen LogP contribution in [0.3, 0.4) is 0 Å². The van der Waals surface area contributed by atoms with Crippen LogP contribution in [0.4, 0.5) is 11.4 Å². The lowest BCUT2D eigenvalue weighted by atomic mass is 9.85. The van der Waals surface area contributed by atoms with E-state index < -0.39 is 0 Å². The molecule has 4 aromatic carbocycles. The molecule has 0 saturated carbocycles. The van der Waals surface area contributed by atoms with Crippen LogP contribution in [-0.2, 0) is 0 Å². The fourth-order valence-corrected chi connectivity index (χ4v) is 8.24. The number of benzene rings is 4. The van der Waals surface area contributed by atoms with E-state index in [0.717, 1.165) is 29.8 Å². The maximum absolute atomic E-state index is 10.8. The Kier molecular flexibility index (Phi) is 7.28. The van der Waals surface area contributed by atoms with Gasteiger partial charge in [-0.2, -0.15) is 0 Å². The van der Waals surface area contributed by atoms with Gasteiger partial charge in [0, 0.05) is 35.1 Å². The van der Waals surface area contributed by atoms with E-state index in [9.17, 15) is 5.11 Å². The first-order valence-electron chi connectivity index (χ1n) is 15.2. The minimum absolute atomic E-state index is 0.243. The van der Waals surface area contributed by atoms with E-state index in [1.807, 2.05) is 16.3 Å². The first kappa shape index (κ1) is 27.5. The highest BCUT2D eigenvalue weighted by atomic mass is 32.2. The lowest BCUT2D eigenvalue weighted by Gasteiger charge is -2.20. The Hall–Kier alpha value is -4.34. The van der Waals surface area contributed by atoms with Crippen molar-refractivity contribution in [3.05, 3.63) is 147 Å². The minimum Gasteiger partial charge on any atom is -0.463 e. The number of aryl methyl sites for hydroxylation is 1. The first-order valence-corrected chi connectivity index (χ1v) is 16.0. The molecule has 2 aliphatic carbocycles. The molecule has 1 N–H and O–H groups in total. The Morgan fingerprint density at radius 2 is 1.42 bits per heavy atom. The summed E-state index contributed by atoms with van der Waals surface area (Å²) in [7, 11) is 0. The van der Waals surface area contributed by atoms with Gasteiger partial charge in [-0.05, 0) is 112 Å². The van der Waals surface area contributed by atoms with Gasteiger partial charge in [-0.1, -0.05) is 78.5 Å². The molecule has 0 aromatic heterocycles. The second kappa shape index (κ2) is 11.4. The molecule has 0 fully saturated rings. The predicted octanol–water partition coefficient (Wildman–Crippen LogP) is 11.1. The van der Waals surface area contributed by atoms with Crippen LogP contribution in [0.5, 0.6) is 0 Å². The summed E-state index contributed by atoms with van der Waals surface area (Å²) < 4.78 is 1.91. The maximum atomic E-state index is 10.8. The summed E-state index contributed by atoms with van der Waals surface area (Å²) in [6.07, 6.45) is 12.7. The molecule has 0 bridgehead atoms. The van der Waals surface area contributed by atoms with Gasteiger partial charge in [-0.25, -0.2) is 0 Å². The summed E-state index contributed by atoms with van der Waals surface area (Å²) in [5.74, 6) is 0.744. The SMILES string of the molecule is CC(O)=[N+](c1ccc(C2=C3SC4=C(C=CCC4)C3CC=C2)cc1)c1ccc(-c2cccc(-c3ccccc3C)c2C)cc1. The van der Waals surface area contributed by atoms with Gasteiger partial charge in [0.25, 0.3) is 0 Å². The molecule has 1 atom stereocenters. The van der Waals surface area contributed by atoms with Crippen molar-refractivity contribution < 1.29 is 5.11 Å². The second-order valence-electron chi connectivity index (χ2n) is 11.7. The highest BCUT2D eigenvalue weighted by Gasteiger charge is 2.33. The lowest BCUT2D eigenvalue weighted by Crippen LogP contribution is -2.13. The number of fused-ring (bicyclic) bond motifs is 2. The van der Waals surface area contributed by atoms with Crippen molar-refractivity contribution in [3.63, 3.8) is 0 Å². The molecule has 0 saturated heterocycles. The zero-order valence-electron chi connectivity index (χ0n) is 25.0. The van der Waals surface area contributed by atoms with Crippen LogP contribution in [0.15, 0.2) is 131 Å². The van der Waals surface area contributed by atoms with Crippen LogP contribution in [0.2, 0.25) is 0 Å². The number of hydrogen-bond donors (Lipinski definition) is 1. The van der Waals surface area contributed by atoms with Crippen molar-refractivity contribution in [3.8, 4) is 22.3 Å². The molecule has 3 aliphatic rings. The standard InChI is InChI=1S/C40H35NOS/c1-26-10-4-5-11-33(26)35-14-8-13-34(27(35)2)29-18-22-31(23-19-29)41(28(3)42)32-24-20-30(21-25-32)36-15-9-16-38-37-12-6-7-17-39(37)43-40(36)38/h4-6,8-15,18-25,38H,7,16-17H2,1-3H3/p+1. The third-order valence-corrected chi connectivity index (χ3v) is 10.4. The van der Waals surface area contributed by atoms with Crippen LogP contribution in [0.1, 0.15) is 42.9 Å². The van der Waals surface area contributed by atoms with Crippen LogP contribution in [0.25, 0.3) is 27.8 Å². The van der Waals surface area contributed by atoms with Gasteiger partial charge in [0.1, 0.15) is 0 Å². The Balaban J connectivity index is 1.17. The topological polar surface area (TPSA) is 23.2 Å². The smallest absolute Gasteiger partial charge is 0.342 e. The lowest BCUT2D eigenvalue weighted by molar-refractivity contribution is 0.533.